The first-order valence-corrected chi connectivity index (χ1v) is 13.7. The summed E-state index contributed by atoms with van der Waals surface area (Å²) in [5, 5.41) is 11.5. The summed E-state index contributed by atoms with van der Waals surface area (Å²) in [6.07, 6.45) is 0. The van der Waals surface area contributed by atoms with Crippen molar-refractivity contribution < 1.29 is 14.3 Å². The predicted octanol–water partition coefficient (Wildman–Crippen LogP) is 5.54. The second kappa shape index (κ2) is 12.5. The van der Waals surface area contributed by atoms with Gasteiger partial charge >= 0.3 is 0 Å². The summed E-state index contributed by atoms with van der Waals surface area (Å²) in [6, 6.07) is 29.4. The number of carbonyl (C=O) groups excluding carboxylic acids is 2. The zero-order valence-electron chi connectivity index (χ0n) is 23.4. The molecule has 0 fully saturated rings. The molecule has 0 spiro atoms. The van der Waals surface area contributed by atoms with Crippen molar-refractivity contribution in [1.29, 1.82) is 0 Å². The van der Waals surface area contributed by atoms with Gasteiger partial charge in [0.15, 0.2) is 0 Å². The van der Waals surface area contributed by atoms with E-state index in [0.717, 1.165) is 22.2 Å². The van der Waals surface area contributed by atoms with Gasteiger partial charge < -0.3 is 10.1 Å². The number of aromatic nitrogens is 3. The van der Waals surface area contributed by atoms with Gasteiger partial charge in [0, 0.05) is 12.1 Å². The number of nitrogens with one attached hydrogen (secondary N) is 1. The van der Waals surface area contributed by atoms with E-state index >= 15 is 0 Å². The van der Waals surface area contributed by atoms with Crippen molar-refractivity contribution in [2.75, 3.05) is 11.5 Å². The third kappa shape index (κ3) is 5.96. The molecule has 4 aromatic carbocycles. The van der Waals surface area contributed by atoms with Gasteiger partial charge in [0.25, 0.3) is 0 Å². The largest absolute Gasteiger partial charge is 0.493 e. The Balaban J connectivity index is 1.63. The first-order valence-electron chi connectivity index (χ1n) is 13.7. The fourth-order valence-electron chi connectivity index (χ4n) is 5.09. The number of amides is 2. The lowest BCUT2D eigenvalue weighted by Crippen LogP contribution is -2.46. The maximum absolute atomic E-state index is 14.4. The maximum Gasteiger partial charge on any atom is 0.249 e. The number of anilines is 1. The molecule has 0 aliphatic rings. The Hall–Kier alpha value is -4.98. The quantitative estimate of drug-likeness (QED) is 0.248. The molecule has 1 aromatic heterocycles. The van der Waals surface area contributed by atoms with Crippen LogP contribution in [-0.4, -0.2) is 33.4 Å². The average Bonchev–Trinajstić information content (AvgIpc) is 3.39. The molecule has 5 rings (SSSR count). The van der Waals surface area contributed by atoms with Gasteiger partial charge in [0.2, 0.25) is 11.8 Å². The van der Waals surface area contributed by atoms with Crippen LogP contribution in [0.5, 0.6) is 5.75 Å². The van der Waals surface area contributed by atoms with Gasteiger partial charge in [-0.3, -0.25) is 14.5 Å². The molecular weight excluding hydrogens is 514 g/mol. The monoisotopic (exact) mass is 547 g/mol. The van der Waals surface area contributed by atoms with Crippen molar-refractivity contribution in [3.05, 3.63) is 119 Å². The molecule has 1 N–H and O–H groups in total. The Morgan fingerprint density at radius 3 is 2.32 bits per heavy atom. The van der Waals surface area contributed by atoms with Crippen molar-refractivity contribution in [2.24, 2.45) is 0 Å². The first-order chi connectivity index (χ1) is 20.0. The Bertz CT molecular complexity index is 1640. The van der Waals surface area contributed by atoms with Crippen molar-refractivity contribution in [3.63, 3.8) is 0 Å². The van der Waals surface area contributed by atoms with Gasteiger partial charge in [-0.1, -0.05) is 84.1 Å². The molecule has 8 heteroatoms. The fraction of sp³-hybridized carbons (Fsp3) is 0.212. The molecular formula is C33H33N5O3. The van der Waals surface area contributed by atoms with Crippen LogP contribution in [0.15, 0.2) is 97.1 Å². The lowest BCUT2D eigenvalue weighted by atomic mass is 9.98. The number of benzene rings is 4. The summed E-state index contributed by atoms with van der Waals surface area (Å²) in [5.41, 5.74) is 5.40. The molecule has 0 aliphatic carbocycles. The van der Waals surface area contributed by atoms with E-state index in [-0.39, 0.29) is 18.4 Å². The lowest BCUT2D eigenvalue weighted by Gasteiger charge is -2.34. The lowest BCUT2D eigenvalue weighted by molar-refractivity contribution is -0.127. The highest BCUT2D eigenvalue weighted by atomic mass is 16.5. The van der Waals surface area contributed by atoms with E-state index in [1.165, 1.54) is 0 Å². The van der Waals surface area contributed by atoms with E-state index in [4.69, 9.17) is 4.74 Å². The van der Waals surface area contributed by atoms with Crippen LogP contribution in [0.25, 0.3) is 11.0 Å². The molecule has 1 heterocycles. The Morgan fingerprint density at radius 2 is 1.56 bits per heavy atom. The van der Waals surface area contributed by atoms with Crippen molar-refractivity contribution in [1.82, 2.24) is 20.3 Å². The molecule has 0 radical (unpaired) electrons. The number of rotatable bonds is 10. The van der Waals surface area contributed by atoms with E-state index < -0.39 is 6.04 Å². The average molecular weight is 548 g/mol. The van der Waals surface area contributed by atoms with Crippen LogP contribution in [0.4, 0.5) is 5.69 Å². The number of para-hydroxylation sites is 3. The van der Waals surface area contributed by atoms with Crippen LogP contribution < -0.4 is 15.0 Å². The Morgan fingerprint density at radius 1 is 0.878 bits per heavy atom. The molecule has 208 valence electrons. The molecule has 0 aliphatic heterocycles. The zero-order valence-corrected chi connectivity index (χ0v) is 23.4. The third-order valence-electron chi connectivity index (χ3n) is 6.98. The van der Waals surface area contributed by atoms with Crippen molar-refractivity contribution in [2.45, 2.75) is 39.9 Å². The van der Waals surface area contributed by atoms with Gasteiger partial charge in [0.1, 0.15) is 23.9 Å². The topological polar surface area (TPSA) is 89.4 Å². The standard InChI is InChI=1S/C33H33N5O3/c1-4-41-29-20-11-8-17-26(29)32(33(40)34-21-25-15-6-5-7-16-25)38(31-23(2)13-12-14-24(31)3)30(39)22-37-28-19-10-9-18-27(28)35-36-37/h5-20,32H,4,21-22H2,1-3H3,(H,34,40)/t32-/m1/s1. The van der Waals surface area contributed by atoms with Crippen LogP contribution in [0.1, 0.15) is 35.2 Å². The summed E-state index contributed by atoms with van der Waals surface area (Å²) >= 11 is 0. The highest BCUT2D eigenvalue weighted by molar-refractivity contribution is 6.03. The van der Waals surface area contributed by atoms with Gasteiger partial charge in [-0.05, 0) is 55.7 Å². The molecule has 8 nitrogen and oxygen atoms in total. The second-order valence-corrected chi connectivity index (χ2v) is 9.82. The fourth-order valence-corrected chi connectivity index (χ4v) is 5.09. The van der Waals surface area contributed by atoms with Crippen LogP contribution in [0.3, 0.4) is 0 Å². The molecule has 5 aromatic rings. The van der Waals surface area contributed by atoms with E-state index in [9.17, 15) is 9.59 Å². The highest BCUT2D eigenvalue weighted by Gasteiger charge is 2.36. The number of hydrogen-bond donors (Lipinski definition) is 1. The predicted molar refractivity (Wildman–Crippen MR) is 160 cm³/mol. The smallest absolute Gasteiger partial charge is 0.249 e. The number of hydrogen-bond acceptors (Lipinski definition) is 5. The summed E-state index contributed by atoms with van der Waals surface area (Å²) in [7, 11) is 0. The van der Waals surface area contributed by atoms with Crippen molar-refractivity contribution >= 4 is 28.5 Å². The second-order valence-electron chi connectivity index (χ2n) is 9.82. The van der Waals surface area contributed by atoms with Crippen LogP contribution in [0.2, 0.25) is 0 Å². The number of nitrogens with zero attached hydrogens (tertiary/aromatic N) is 4. The maximum atomic E-state index is 14.4. The summed E-state index contributed by atoms with van der Waals surface area (Å²) in [5.74, 6) is -0.0743. The Kier molecular flexibility index (Phi) is 8.39. The Labute approximate surface area is 239 Å². The minimum absolute atomic E-state index is 0.104. The molecule has 1 atom stereocenters. The van der Waals surface area contributed by atoms with E-state index in [2.05, 4.69) is 15.6 Å². The summed E-state index contributed by atoms with van der Waals surface area (Å²) in [4.78, 5) is 30.3. The first kappa shape index (κ1) is 27.6. The van der Waals surface area contributed by atoms with Crippen LogP contribution >= 0.6 is 0 Å². The summed E-state index contributed by atoms with van der Waals surface area (Å²) < 4.78 is 7.55. The van der Waals surface area contributed by atoms with E-state index in [1.807, 2.05) is 118 Å². The number of carbonyl (C=O) groups is 2. The molecule has 0 saturated carbocycles. The van der Waals surface area contributed by atoms with E-state index in [0.29, 0.717) is 35.7 Å². The third-order valence-corrected chi connectivity index (χ3v) is 6.98. The van der Waals surface area contributed by atoms with Gasteiger partial charge in [-0.25, -0.2) is 4.68 Å². The number of aryl methyl sites for hydroxylation is 2. The molecule has 0 bridgehead atoms. The molecule has 0 saturated heterocycles. The van der Waals surface area contributed by atoms with Crippen LogP contribution in [-0.2, 0) is 22.7 Å². The molecule has 41 heavy (non-hydrogen) atoms. The number of fused-ring (bicyclic) bond motifs is 1. The van der Waals surface area contributed by atoms with Crippen molar-refractivity contribution in [3.8, 4) is 5.75 Å². The SMILES string of the molecule is CCOc1ccccc1[C@H](C(=O)NCc1ccccc1)N(C(=O)Cn1nnc2ccccc21)c1c(C)cccc1C. The van der Waals surface area contributed by atoms with Gasteiger partial charge in [0.05, 0.1) is 17.8 Å². The van der Waals surface area contributed by atoms with Gasteiger partial charge in [-0.15, -0.1) is 5.10 Å². The normalized spacial score (nSPS) is 11.7. The minimum atomic E-state index is -1.01. The zero-order chi connectivity index (χ0) is 28.8. The highest BCUT2D eigenvalue weighted by Crippen LogP contribution is 2.37. The minimum Gasteiger partial charge on any atom is -0.493 e. The molecule has 0 unspecified atom stereocenters. The summed E-state index contributed by atoms with van der Waals surface area (Å²) in [6.45, 7) is 6.41. The molecule has 2 amide bonds. The van der Waals surface area contributed by atoms with E-state index in [1.54, 1.807) is 9.58 Å². The van der Waals surface area contributed by atoms with Gasteiger partial charge in [-0.2, -0.15) is 0 Å². The number of ether oxygens (including phenoxy) is 1. The van der Waals surface area contributed by atoms with Crippen LogP contribution in [0, 0.1) is 13.8 Å².